The normalized spacial score (nSPS) is 11.2. The third-order valence-electron chi connectivity index (χ3n) is 3.04. The van der Waals surface area contributed by atoms with Gasteiger partial charge in [0.05, 0.1) is 11.3 Å². The number of rotatable bonds is 1. The zero-order valence-electron chi connectivity index (χ0n) is 9.99. The van der Waals surface area contributed by atoms with Crippen LogP contribution in [0.1, 0.15) is 5.69 Å². The van der Waals surface area contributed by atoms with Gasteiger partial charge in [0.1, 0.15) is 17.3 Å². The van der Waals surface area contributed by atoms with E-state index >= 15 is 0 Å². The van der Waals surface area contributed by atoms with Crippen LogP contribution in [0, 0.1) is 18.6 Å². The van der Waals surface area contributed by atoms with Gasteiger partial charge in [0, 0.05) is 16.4 Å². The van der Waals surface area contributed by atoms with Gasteiger partial charge in [0.25, 0.3) is 0 Å². The molecule has 1 aromatic carbocycles. The Kier molecular flexibility index (Phi) is 2.86. The molecule has 0 atom stereocenters. The number of halogens is 3. The smallest absolute Gasteiger partial charge is 0.137 e. The van der Waals surface area contributed by atoms with E-state index in [4.69, 9.17) is 0 Å². The van der Waals surface area contributed by atoms with Crippen LogP contribution in [0.25, 0.3) is 16.9 Å². The van der Waals surface area contributed by atoms with Gasteiger partial charge in [-0.05, 0) is 47.1 Å². The number of aromatic nitrogens is 2. The van der Waals surface area contributed by atoms with Gasteiger partial charge >= 0.3 is 0 Å². The molecule has 0 fully saturated rings. The lowest BCUT2D eigenvalue weighted by Gasteiger charge is -2.01. The van der Waals surface area contributed by atoms with Crippen LogP contribution in [0.2, 0.25) is 0 Å². The van der Waals surface area contributed by atoms with Crippen molar-refractivity contribution in [3.05, 3.63) is 58.3 Å². The third-order valence-corrected chi connectivity index (χ3v) is 3.88. The first-order chi connectivity index (χ1) is 9.08. The van der Waals surface area contributed by atoms with Crippen molar-refractivity contribution in [1.82, 2.24) is 9.38 Å². The quantitative estimate of drug-likeness (QED) is 0.651. The van der Waals surface area contributed by atoms with Crippen molar-refractivity contribution in [3.63, 3.8) is 0 Å². The maximum atomic E-state index is 13.7. The predicted molar refractivity (Wildman–Crippen MR) is 73.0 cm³/mol. The molecule has 0 N–H and O–H groups in total. The molecular formula is C14H9BrF2N2. The second kappa shape index (κ2) is 4.42. The molecule has 2 nitrogen and oxygen atoms in total. The number of hydrogen-bond acceptors (Lipinski definition) is 1. The van der Waals surface area contributed by atoms with E-state index in [1.54, 1.807) is 16.7 Å². The Balaban J connectivity index is 2.30. The Labute approximate surface area is 116 Å². The van der Waals surface area contributed by atoms with Crippen LogP contribution < -0.4 is 0 Å². The first-order valence-electron chi connectivity index (χ1n) is 5.66. The number of benzene rings is 1. The summed E-state index contributed by atoms with van der Waals surface area (Å²) in [6.07, 6.45) is 1.64. The highest BCUT2D eigenvalue weighted by Crippen LogP contribution is 2.27. The van der Waals surface area contributed by atoms with Crippen molar-refractivity contribution in [2.45, 2.75) is 6.92 Å². The summed E-state index contributed by atoms with van der Waals surface area (Å²) in [6.45, 7) is 1.90. The van der Waals surface area contributed by atoms with Gasteiger partial charge in [-0.15, -0.1) is 0 Å². The van der Waals surface area contributed by atoms with E-state index in [0.29, 0.717) is 5.65 Å². The highest BCUT2D eigenvalue weighted by Gasteiger charge is 2.15. The van der Waals surface area contributed by atoms with Crippen LogP contribution in [-0.4, -0.2) is 9.38 Å². The molecule has 3 rings (SSSR count). The number of nitrogens with zero attached hydrogens (tertiary/aromatic N) is 2. The Bertz CT molecular complexity index is 760. The number of imidazole rings is 1. The highest BCUT2D eigenvalue weighted by atomic mass is 79.9. The van der Waals surface area contributed by atoms with Gasteiger partial charge in [0.2, 0.25) is 0 Å². The standard InChI is InChI=1S/C14H9BrF2N2/c1-8-9(15)5-6-13-18-12(7-19(8)13)14-10(16)3-2-4-11(14)17/h2-7H,1H3. The molecule has 96 valence electrons. The van der Waals surface area contributed by atoms with Crippen molar-refractivity contribution in [2.75, 3.05) is 0 Å². The topological polar surface area (TPSA) is 17.3 Å². The van der Waals surface area contributed by atoms with Gasteiger partial charge in [0.15, 0.2) is 0 Å². The summed E-state index contributed by atoms with van der Waals surface area (Å²) in [7, 11) is 0. The molecule has 0 saturated carbocycles. The molecule has 0 spiro atoms. The summed E-state index contributed by atoms with van der Waals surface area (Å²) in [5.41, 5.74) is 1.77. The minimum atomic E-state index is -0.611. The molecule has 0 radical (unpaired) electrons. The molecule has 0 aliphatic heterocycles. The molecule has 19 heavy (non-hydrogen) atoms. The third kappa shape index (κ3) is 1.94. The monoisotopic (exact) mass is 322 g/mol. The van der Waals surface area contributed by atoms with E-state index in [1.807, 2.05) is 13.0 Å². The SMILES string of the molecule is Cc1c(Br)ccc2nc(-c3c(F)cccc3F)cn12. The van der Waals surface area contributed by atoms with Crippen molar-refractivity contribution < 1.29 is 8.78 Å². The summed E-state index contributed by atoms with van der Waals surface area (Å²) < 4.78 is 30.2. The molecule has 0 unspecified atom stereocenters. The van der Waals surface area contributed by atoms with Crippen LogP contribution >= 0.6 is 15.9 Å². The van der Waals surface area contributed by atoms with Gasteiger partial charge in [-0.1, -0.05) is 6.07 Å². The minimum absolute atomic E-state index is 0.0956. The average Bonchev–Trinajstić information content (AvgIpc) is 2.78. The molecule has 2 heterocycles. The zero-order valence-corrected chi connectivity index (χ0v) is 11.6. The van der Waals surface area contributed by atoms with E-state index < -0.39 is 11.6 Å². The van der Waals surface area contributed by atoms with E-state index in [-0.39, 0.29) is 11.3 Å². The van der Waals surface area contributed by atoms with Crippen molar-refractivity contribution >= 4 is 21.6 Å². The van der Waals surface area contributed by atoms with Gasteiger partial charge < -0.3 is 4.40 Å². The molecule has 5 heteroatoms. The summed E-state index contributed by atoms with van der Waals surface area (Å²) in [5, 5.41) is 0. The fourth-order valence-corrected chi connectivity index (χ4v) is 2.35. The largest absolute Gasteiger partial charge is 0.303 e. The first-order valence-corrected chi connectivity index (χ1v) is 6.46. The van der Waals surface area contributed by atoms with Gasteiger partial charge in [-0.2, -0.15) is 0 Å². The number of fused-ring (bicyclic) bond motifs is 1. The van der Waals surface area contributed by atoms with Crippen molar-refractivity contribution in [3.8, 4) is 11.3 Å². The summed E-state index contributed by atoms with van der Waals surface area (Å²) in [5.74, 6) is -1.22. The Morgan fingerprint density at radius 3 is 2.47 bits per heavy atom. The number of hydrogen-bond donors (Lipinski definition) is 0. The number of aryl methyl sites for hydroxylation is 1. The van der Waals surface area contributed by atoms with Crippen LogP contribution in [0.4, 0.5) is 8.78 Å². The van der Waals surface area contributed by atoms with E-state index in [9.17, 15) is 8.78 Å². The number of pyridine rings is 1. The summed E-state index contributed by atoms with van der Waals surface area (Å²) in [4.78, 5) is 4.27. The zero-order chi connectivity index (χ0) is 13.6. The summed E-state index contributed by atoms with van der Waals surface area (Å²) >= 11 is 3.41. The van der Waals surface area contributed by atoms with Crippen LogP contribution in [0.5, 0.6) is 0 Å². The fourth-order valence-electron chi connectivity index (χ4n) is 2.03. The molecule has 3 aromatic rings. The fraction of sp³-hybridized carbons (Fsp3) is 0.0714. The maximum absolute atomic E-state index is 13.7. The van der Waals surface area contributed by atoms with Crippen molar-refractivity contribution in [1.29, 1.82) is 0 Å². The lowest BCUT2D eigenvalue weighted by Crippen LogP contribution is -1.90. The molecule has 0 amide bonds. The van der Waals surface area contributed by atoms with E-state index in [2.05, 4.69) is 20.9 Å². The van der Waals surface area contributed by atoms with Crippen LogP contribution in [0.15, 0.2) is 41.0 Å². The Morgan fingerprint density at radius 1 is 1.11 bits per heavy atom. The Hall–Kier alpha value is -1.75. The molecule has 0 saturated heterocycles. The highest BCUT2D eigenvalue weighted by molar-refractivity contribution is 9.10. The molecule has 0 aliphatic carbocycles. The van der Waals surface area contributed by atoms with E-state index in [0.717, 1.165) is 10.2 Å². The first kappa shape index (κ1) is 12.3. The lowest BCUT2D eigenvalue weighted by molar-refractivity contribution is 0.589. The minimum Gasteiger partial charge on any atom is -0.303 e. The van der Waals surface area contributed by atoms with Gasteiger partial charge in [-0.25, -0.2) is 13.8 Å². The predicted octanol–water partition coefficient (Wildman–Crippen LogP) is 4.35. The second-order valence-corrected chi connectivity index (χ2v) is 5.07. The van der Waals surface area contributed by atoms with Crippen LogP contribution in [-0.2, 0) is 0 Å². The van der Waals surface area contributed by atoms with E-state index in [1.165, 1.54) is 18.2 Å². The maximum Gasteiger partial charge on any atom is 0.137 e. The summed E-state index contributed by atoms with van der Waals surface area (Å²) in [6, 6.07) is 7.45. The second-order valence-electron chi connectivity index (χ2n) is 4.22. The lowest BCUT2D eigenvalue weighted by atomic mass is 10.1. The van der Waals surface area contributed by atoms with Gasteiger partial charge in [-0.3, -0.25) is 0 Å². The molecule has 0 aliphatic rings. The molecule has 2 aromatic heterocycles. The average molecular weight is 323 g/mol. The van der Waals surface area contributed by atoms with Crippen molar-refractivity contribution in [2.24, 2.45) is 0 Å². The molecule has 0 bridgehead atoms. The Morgan fingerprint density at radius 2 is 1.79 bits per heavy atom. The van der Waals surface area contributed by atoms with Crippen LogP contribution in [0.3, 0.4) is 0 Å². The molecular weight excluding hydrogens is 314 g/mol.